The van der Waals surface area contributed by atoms with Crippen LogP contribution in [-0.4, -0.2) is 26.8 Å². The highest BCUT2D eigenvalue weighted by Crippen LogP contribution is 2.16. The molecule has 110 valence electrons. The van der Waals surface area contributed by atoms with Crippen LogP contribution in [0.1, 0.15) is 46.2 Å². The van der Waals surface area contributed by atoms with E-state index in [9.17, 15) is 9.59 Å². The van der Waals surface area contributed by atoms with E-state index in [4.69, 9.17) is 5.11 Å². The van der Waals surface area contributed by atoms with Crippen molar-refractivity contribution in [1.82, 2.24) is 9.78 Å². The molecule has 2 rings (SSSR count). The summed E-state index contributed by atoms with van der Waals surface area (Å²) in [6.07, 6.45) is 3.15. The predicted octanol–water partition coefficient (Wildman–Crippen LogP) is 2.72. The maximum Gasteiger partial charge on any atom is 0.336 e. The zero-order valence-corrected chi connectivity index (χ0v) is 12.1. The highest BCUT2D eigenvalue weighted by atomic mass is 16.4. The third kappa shape index (κ3) is 3.28. The fourth-order valence-corrected chi connectivity index (χ4v) is 1.87. The smallest absolute Gasteiger partial charge is 0.336 e. The summed E-state index contributed by atoms with van der Waals surface area (Å²) in [5.41, 5.74) is 1.69. The Balaban J connectivity index is 2.19. The van der Waals surface area contributed by atoms with Gasteiger partial charge in [-0.3, -0.25) is 9.48 Å². The SMILES string of the molecule is Cc1ccc(NC(=O)c2cnn(C(C)C)c2)cc1C(=O)O. The van der Waals surface area contributed by atoms with Crippen molar-refractivity contribution in [1.29, 1.82) is 0 Å². The Kier molecular flexibility index (Phi) is 4.07. The molecule has 6 heteroatoms. The third-order valence-electron chi connectivity index (χ3n) is 3.12. The van der Waals surface area contributed by atoms with E-state index >= 15 is 0 Å². The van der Waals surface area contributed by atoms with Gasteiger partial charge in [-0.15, -0.1) is 0 Å². The number of hydrogen-bond acceptors (Lipinski definition) is 3. The van der Waals surface area contributed by atoms with Crippen LogP contribution in [0.4, 0.5) is 5.69 Å². The lowest BCUT2D eigenvalue weighted by molar-refractivity contribution is 0.0695. The van der Waals surface area contributed by atoms with Crippen molar-refractivity contribution in [3.8, 4) is 0 Å². The molecule has 1 amide bonds. The number of anilines is 1. The highest BCUT2D eigenvalue weighted by Gasteiger charge is 2.12. The van der Waals surface area contributed by atoms with E-state index in [1.165, 1.54) is 12.3 Å². The Morgan fingerprint density at radius 2 is 2.05 bits per heavy atom. The van der Waals surface area contributed by atoms with E-state index in [-0.39, 0.29) is 17.5 Å². The lowest BCUT2D eigenvalue weighted by Crippen LogP contribution is -2.12. The van der Waals surface area contributed by atoms with Gasteiger partial charge >= 0.3 is 5.97 Å². The molecule has 21 heavy (non-hydrogen) atoms. The number of carbonyl (C=O) groups excluding carboxylic acids is 1. The van der Waals surface area contributed by atoms with Gasteiger partial charge in [-0.05, 0) is 38.5 Å². The molecule has 0 bridgehead atoms. The average molecular weight is 287 g/mol. The van der Waals surface area contributed by atoms with Gasteiger partial charge in [0.15, 0.2) is 0 Å². The number of benzene rings is 1. The standard InChI is InChI=1S/C15H17N3O3/c1-9(2)18-8-11(7-16-18)14(19)17-12-5-4-10(3)13(6-12)15(20)21/h4-9H,1-3H3,(H,17,19)(H,20,21). The van der Waals surface area contributed by atoms with Gasteiger partial charge in [-0.1, -0.05) is 6.07 Å². The van der Waals surface area contributed by atoms with Crippen molar-refractivity contribution in [2.75, 3.05) is 5.32 Å². The molecule has 0 aliphatic heterocycles. The van der Waals surface area contributed by atoms with Crippen LogP contribution in [0, 0.1) is 6.92 Å². The van der Waals surface area contributed by atoms with Gasteiger partial charge in [0.1, 0.15) is 0 Å². The molecule has 0 spiro atoms. The fraction of sp³-hybridized carbons (Fsp3) is 0.267. The molecule has 0 saturated heterocycles. The number of carbonyl (C=O) groups is 2. The average Bonchev–Trinajstić information content (AvgIpc) is 2.90. The molecule has 0 radical (unpaired) electrons. The molecule has 1 heterocycles. The number of amides is 1. The number of aryl methyl sites for hydroxylation is 1. The first kappa shape index (κ1) is 14.8. The molecule has 0 saturated carbocycles. The molecule has 0 fully saturated rings. The van der Waals surface area contributed by atoms with Crippen LogP contribution >= 0.6 is 0 Å². The molecular weight excluding hydrogens is 270 g/mol. The van der Waals surface area contributed by atoms with Gasteiger partial charge in [-0.25, -0.2) is 4.79 Å². The molecule has 0 unspecified atom stereocenters. The summed E-state index contributed by atoms with van der Waals surface area (Å²) in [6, 6.07) is 4.95. The van der Waals surface area contributed by atoms with Crippen molar-refractivity contribution in [3.05, 3.63) is 47.3 Å². The first-order valence-corrected chi connectivity index (χ1v) is 6.58. The van der Waals surface area contributed by atoms with Gasteiger partial charge in [-0.2, -0.15) is 5.10 Å². The first-order valence-electron chi connectivity index (χ1n) is 6.58. The Morgan fingerprint density at radius 3 is 2.62 bits per heavy atom. The van der Waals surface area contributed by atoms with E-state index in [0.717, 1.165) is 0 Å². The summed E-state index contributed by atoms with van der Waals surface area (Å²) in [5.74, 6) is -1.33. The van der Waals surface area contributed by atoms with Crippen molar-refractivity contribution in [2.24, 2.45) is 0 Å². The van der Waals surface area contributed by atoms with E-state index in [1.807, 2.05) is 13.8 Å². The molecule has 0 aliphatic carbocycles. The van der Waals surface area contributed by atoms with E-state index < -0.39 is 5.97 Å². The predicted molar refractivity (Wildman–Crippen MR) is 78.7 cm³/mol. The van der Waals surface area contributed by atoms with E-state index in [0.29, 0.717) is 16.8 Å². The summed E-state index contributed by atoms with van der Waals surface area (Å²) in [5, 5.41) is 15.9. The third-order valence-corrected chi connectivity index (χ3v) is 3.12. The van der Waals surface area contributed by atoms with E-state index in [1.54, 1.807) is 29.9 Å². The molecule has 2 aromatic rings. The van der Waals surface area contributed by atoms with Crippen LogP contribution < -0.4 is 5.32 Å². The Bertz CT molecular complexity index is 689. The highest BCUT2D eigenvalue weighted by molar-refractivity contribution is 6.04. The number of carboxylic acids is 1. The number of nitrogens with one attached hydrogen (secondary N) is 1. The lowest BCUT2D eigenvalue weighted by Gasteiger charge is -2.07. The number of aromatic nitrogens is 2. The number of rotatable bonds is 4. The summed E-state index contributed by atoms with van der Waals surface area (Å²) in [4.78, 5) is 23.2. The quantitative estimate of drug-likeness (QED) is 0.905. The normalized spacial score (nSPS) is 10.7. The number of hydrogen-bond donors (Lipinski definition) is 2. The molecule has 0 atom stereocenters. The second-order valence-electron chi connectivity index (χ2n) is 5.09. The summed E-state index contributed by atoms with van der Waals surface area (Å²) < 4.78 is 1.69. The number of aromatic carboxylic acids is 1. The van der Waals surface area contributed by atoms with Crippen LogP contribution in [-0.2, 0) is 0 Å². The molecule has 1 aromatic carbocycles. The van der Waals surface area contributed by atoms with Gasteiger partial charge in [0.25, 0.3) is 5.91 Å². The molecule has 6 nitrogen and oxygen atoms in total. The zero-order chi connectivity index (χ0) is 15.6. The second kappa shape index (κ2) is 5.78. The minimum Gasteiger partial charge on any atom is -0.478 e. The van der Waals surface area contributed by atoms with Crippen LogP contribution in [0.2, 0.25) is 0 Å². The van der Waals surface area contributed by atoms with Gasteiger partial charge in [0.2, 0.25) is 0 Å². The minimum absolute atomic E-state index is 0.171. The molecule has 0 aliphatic rings. The monoisotopic (exact) mass is 287 g/mol. The van der Waals surface area contributed by atoms with Crippen LogP contribution in [0.15, 0.2) is 30.6 Å². The van der Waals surface area contributed by atoms with Crippen molar-refractivity contribution in [2.45, 2.75) is 26.8 Å². The van der Waals surface area contributed by atoms with Gasteiger partial charge < -0.3 is 10.4 Å². The van der Waals surface area contributed by atoms with Gasteiger partial charge in [0.05, 0.1) is 17.3 Å². The summed E-state index contributed by atoms with van der Waals surface area (Å²) >= 11 is 0. The Labute approximate surface area is 122 Å². The topological polar surface area (TPSA) is 84.2 Å². The molecular formula is C15H17N3O3. The maximum atomic E-state index is 12.1. The van der Waals surface area contributed by atoms with Crippen molar-refractivity contribution in [3.63, 3.8) is 0 Å². The Hall–Kier alpha value is -2.63. The Morgan fingerprint density at radius 1 is 1.33 bits per heavy atom. The summed E-state index contributed by atoms with van der Waals surface area (Å²) in [7, 11) is 0. The van der Waals surface area contributed by atoms with Crippen LogP contribution in [0.3, 0.4) is 0 Å². The molecule has 1 aromatic heterocycles. The maximum absolute atomic E-state index is 12.1. The second-order valence-corrected chi connectivity index (χ2v) is 5.09. The largest absolute Gasteiger partial charge is 0.478 e. The van der Waals surface area contributed by atoms with Crippen molar-refractivity contribution >= 4 is 17.6 Å². The minimum atomic E-state index is -1.02. The van der Waals surface area contributed by atoms with E-state index in [2.05, 4.69) is 10.4 Å². The molecule has 2 N–H and O–H groups in total. The zero-order valence-electron chi connectivity index (χ0n) is 12.1. The first-order chi connectivity index (χ1) is 9.88. The van der Waals surface area contributed by atoms with Crippen LogP contribution in [0.5, 0.6) is 0 Å². The fourth-order valence-electron chi connectivity index (χ4n) is 1.87. The summed E-state index contributed by atoms with van der Waals surface area (Å²) in [6.45, 7) is 5.64. The van der Waals surface area contributed by atoms with Crippen molar-refractivity contribution < 1.29 is 14.7 Å². The van der Waals surface area contributed by atoms with Gasteiger partial charge in [0, 0.05) is 17.9 Å². The lowest BCUT2D eigenvalue weighted by atomic mass is 10.1. The number of nitrogens with zero attached hydrogens (tertiary/aromatic N) is 2. The van der Waals surface area contributed by atoms with Crippen LogP contribution in [0.25, 0.3) is 0 Å². The number of carboxylic acid groups (broad SMARTS) is 1.